The summed E-state index contributed by atoms with van der Waals surface area (Å²) in [5.74, 6) is 0.511. The molecule has 8 nitrogen and oxygen atoms in total. The molecule has 0 saturated carbocycles. The summed E-state index contributed by atoms with van der Waals surface area (Å²) in [6.45, 7) is 1.96. The molecule has 0 saturated heterocycles. The van der Waals surface area contributed by atoms with Crippen LogP contribution in [0.4, 0.5) is 0 Å². The van der Waals surface area contributed by atoms with Crippen molar-refractivity contribution in [2.45, 2.75) is 13.5 Å². The summed E-state index contributed by atoms with van der Waals surface area (Å²) in [5.41, 5.74) is 0.981. The Labute approximate surface area is 152 Å². The number of aromatic hydroxyl groups is 1. The number of aromatic amines is 1. The molecule has 0 spiro atoms. The molecule has 8 heteroatoms. The molecule has 0 bridgehead atoms. The van der Waals surface area contributed by atoms with Gasteiger partial charge in [-0.25, -0.2) is 10.2 Å². The third-order valence-electron chi connectivity index (χ3n) is 4.47. The van der Waals surface area contributed by atoms with E-state index in [0.717, 1.165) is 11.3 Å². The Morgan fingerprint density at radius 1 is 1.19 bits per heavy atom. The second-order valence-electron chi connectivity index (χ2n) is 6.24. The summed E-state index contributed by atoms with van der Waals surface area (Å²) >= 11 is 0. The van der Waals surface area contributed by atoms with Crippen LogP contribution in [0.1, 0.15) is 11.1 Å². The first-order valence-electron chi connectivity index (χ1n) is 8.23. The number of ether oxygens (including phenoxy) is 1. The molecule has 0 aliphatic carbocycles. The SMILES string of the molecule is COc1ccc(Cn2[nH]nc3c(=O)nc4cc(C)c(=O)cc4c(O)c32)cc1. The van der Waals surface area contributed by atoms with Gasteiger partial charge in [0.05, 0.1) is 19.2 Å². The standard InChI is InChI=1S/C19H16N4O4/c1-10-7-14-13(8-15(10)24)18(25)17-16(19(26)20-14)21-22-23(17)9-11-3-5-12(27-2)6-4-11/h3-8,22,25H,9H2,1-2H3. The fourth-order valence-corrected chi connectivity index (χ4v) is 3.00. The normalized spacial score (nSPS) is 11.2. The number of nitrogens with one attached hydrogen (secondary N) is 1. The molecule has 0 fully saturated rings. The van der Waals surface area contributed by atoms with E-state index in [2.05, 4.69) is 15.3 Å². The third kappa shape index (κ3) is 2.80. The van der Waals surface area contributed by atoms with E-state index in [1.165, 1.54) is 12.1 Å². The van der Waals surface area contributed by atoms with Crippen LogP contribution in [0.3, 0.4) is 0 Å². The molecule has 27 heavy (non-hydrogen) atoms. The van der Waals surface area contributed by atoms with E-state index in [1.54, 1.807) is 18.7 Å². The van der Waals surface area contributed by atoms with Crippen molar-refractivity contribution in [3.63, 3.8) is 0 Å². The molecule has 0 radical (unpaired) electrons. The number of benzene rings is 2. The van der Waals surface area contributed by atoms with Crippen molar-refractivity contribution >= 4 is 21.9 Å². The molecule has 2 N–H and O–H groups in total. The highest BCUT2D eigenvalue weighted by molar-refractivity contribution is 5.95. The van der Waals surface area contributed by atoms with E-state index < -0.39 is 5.56 Å². The van der Waals surface area contributed by atoms with Crippen molar-refractivity contribution in [3.05, 3.63) is 68.1 Å². The van der Waals surface area contributed by atoms with Gasteiger partial charge in [-0.05, 0) is 42.3 Å². The Bertz CT molecular complexity index is 1290. The van der Waals surface area contributed by atoms with Crippen LogP contribution in [-0.4, -0.2) is 32.2 Å². The molecule has 0 atom stereocenters. The van der Waals surface area contributed by atoms with Gasteiger partial charge < -0.3 is 9.84 Å². The summed E-state index contributed by atoms with van der Waals surface area (Å²) < 4.78 is 6.69. The van der Waals surface area contributed by atoms with E-state index >= 15 is 0 Å². The van der Waals surface area contributed by atoms with Crippen molar-refractivity contribution in [2.75, 3.05) is 7.11 Å². The van der Waals surface area contributed by atoms with Gasteiger partial charge in [0.1, 0.15) is 11.3 Å². The number of nitrogens with zero attached hydrogens (tertiary/aromatic N) is 3. The molecule has 2 aromatic heterocycles. The molecule has 0 unspecified atom stereocenters. The molecular formula is C19H16N4O4. The first kappa shape index (κ1) is 16.8. The van der Waals surface area contributed by atoms with Crippen LogP contribution in [-0.2, 0) is 6.54 Å². The quantitative estimate of drug-likeness (QED) is 0.573. The number of fused-ring (bicyclic) bond motifs is 2. The minimum atomic E-state index is -0.585. The van der Waals surface area contributed by atoms with Gasteiger partial charge in [-0.3, -0.25) is 14.3 Å². The van der Waals surface area contributed by atoms with E-state index in [0.29, 0.717) is 12.1 Å². The minimum Gasteiger partial charge on any atom is -0.505 e. The van der Waals surface area contributed by atoms with Crippen LogP contribution >= 0.6 is 0 Å². The Morgan fingerprint density at radius 3 is 2.63 bits per heavy atom. The zero-order valence-corrected chi connectivity index (χ0v) is 14.7. The molecule has 0 aliphatic rings. The Hall–Kier alpha value is -3.68. The van der Waals surface area contributed by atoms with E-state index in [9.17, 15) is 14.7 Å². The maximum Gasteiger partial charge on any atom is 0.300 e. The molecular weight excluding hydrogens is 348 g/mol. The van der Waals surface area contributed by atoms with Crippen molar-refractivity contribution in [1.29, 1.82) is 0 Å². The molecule has 4 rings (SSSR count). The van der Waals surface area contributed by atoms with Crippen LogP contribution in [0.5, 0.6) is 11.5 Å². The largest absolute Gasteiger partial charge is 0.505 e. The Kier molecular flexibility index (Phi) is 3.88. The van der Waals surface area contributed by atoms with E-state index in [-0.39, 0.29) is 33.1 Å². The van der Waals surface area contributed by atoms with E-state index in [4.69, 9.17) is 4.74 Å². The smallest absolute Gasteiger partial charge is 0.300 e. The lowest BCUT2D eigenvalue weighted by atomic mass is 10.1. The van der Waals surface area contributed by atoms with Gasteiger partial charge in [0.15, 0.2) is 16.7 Å². The second kappa shape index (κ2) is 6.24. The predicted molar refractivity (Wildman–Crippen MR) is 100 cm³/mol. The maximum atomic E-state index is 12.5. The zero-order valence-electron chi connectivity index (χ0n) is 14.7. The molecule has 4 aromatic rings. The third-order valence-corrected chi connectivity index (χ3v) is 4.47. The molecule has 2 heterocycles. The second-order valence-corrected chi connectivity index (χ2v) is 6.24. The van der Waals surface area contributed by atoms with Crippen LogP contribution < -0.4 is 15.7 Å². The van der Waals surface area contributed by atoms with Crippen LogP contribution in [0.2, 0.25) is 0 Å². The summed E-state index contributed by atoms with van der Waals surface area (Å²) in [7, 11) is 1.59. The van der Waals surface area contributed by atoms with Crippen LogP contribution in [0, 0.1) is 6.92 Å². The van der Waals surface area contributed by atoms with Gasteiger partial charge in [-0.2, -0.15) is 5.10 Å². The zero-order chi connectivity index (χ0) is 19.1. The fraction of sp³-hybridized carbons (Fsp3) is 0.158. The highest BCUT2D eigenvalue weighted by atomic mass is 16.5. The number of hydrogen-bond donors (Lipinski definition) is 2. The van der Waals surface area contributed by atoms with Crippen molar-refractivity contribution in [2.24, 2.45) is 0 Å². The molecule has 2 aromatic carbocycles. The number of aryl methyl sites for hydroxylation is 1. The van der Waals surface area contributed by atoms with Crippen molar-refractivity contribution in [1.82, 2.24) is 20.0 Å². The average Bonchev–Trinajstić information content (AvgIpc) is 3.04. The van der Waals surface area contributed by atoms with Gasteiger partial charge in [-0.1, -0.05) is 12.1 Å². The number of methoxy groups -OCH3 is 1. The lowest BCUT2D eigenvalue weighted by Crippen LogP contribution is -2.05. The summed E-state index contributed by atoms with van der Waals surface area (Å²) in [6.07, 6.45) is 0. The highest BCUT2D eigenvalue weighted by Gasteiger charge is 2.16. The number of H-pyrrole nitrogens is 1. The Morgan fingerprint density at radius 2 is 1.93 bits per heavy atom. The van der Waals surface area contributed by atoms with Crippen molar-refractivity contribution < 1.29 is 9.84 Å². The van der Waals surface area contributed by atoms with Crippen LogP contribution in [0.25, 0.3) is 21.9 Å². The first-order valence-corrected chi connectivity index (χ1v) is 8.23. The number of hydrogen-bond acceptors (Lipinski definition) is 6. The Balaban J connectivity index is 1.97. The monoisotopic (exact) mass is 364 g/mol. The number of aromatic nitrogens is 4. The van der Waals surface area contributed by atoms with Gasteiger partial charge in [0.2, 0.25) is 0 Å². The maximum absolute atomic E-state index is 12.5. The molecule has 136 valence electrons. The first-order chi connectivity index (χ1) is 13.0. The van der Waals surface area contributed by atoms with E-state index in [1.807, 2.05) is 24.3 Å². The lowest BCUT2D eigenvalue weighted by molar-refractivity contribution is 0.414. The van der Waals surface area contributed by atoms with Gasteiger partial charge in [0, 0.05) is 5.39 Å². The fourth-order valence-electron chi connectivity index (χ4n) is 3.00. The molecule has 0 aliphatic heterocycles. The topological polar surface area (TPSA) is 110 Å². The summed E-state index contributed by atoms with van der Waals surface area (Å²) in [6, 6.07) is 10.2. The summed E-state index contributed by atoms with van der Waals surface area (Å²) in [5, 5.41) is 17.8. The highest BCUT2D eigenvalue weighted by Crippen LogP contribution is 2.28. The van der Waals surface area contributed by atoms with Gasteiger partial charge in [-0.15, -0.1) is 0 Å². The average molecular weight is 364 g/mol. The minimum absolute atomic E-state index is 0.00214. The summed E-state index contributed by atoms with van der Waals surface area (Å²) in [4.78, 5) is 28.5. The van der Waals surface area contributed by atoms with Crippen molar-refractivity contribution in [3.8, 4) is 11.5 Å². The lowest BCUT2D eigenvalue weighted by Gasteiger charge is -2.06. The predicted octanol–water partition coefficient (Wildman–Crippen LogP) is 1.70. The van der Waals surface area contributed by atoms with Gasteiger partial charge in [0.25, 0.3) is 5.56 Å². The van der Waals surface area contributed by atoms with Gasteiger partial charge >= 0.3 is 0 Å². The molecule has 0 amide bonds. The van der Waals surface area contributed by atoms with Crippen LogP contribution in [0.15, 0.2) is 46.0 Å². The number of rotatable bonds is 3.